The number of terminal acetylenes is 1. The van der Waals surface area contributed by atoms with Gasteiger partial charge in [-0.3, -0.25) is 4.90 Å². The SMILES string of the molecule is C#Cc1c(F)ccc2cc(O)cc(-c3ccc4c(N5CCNC(COC)C5)nc(OCC56CCCN5C/C(=C/F)C6)nc4c3F)c12.CC. The van der Waals surface area contributed by atoms with Crippen molar-refractivity contribution in [3.05, 3.63) is 65.5 Å². The summed E-state index contributed by atoms with van der Waals surface area (Å²) in [6, 6.07) is 8.92. The number of ether oxygens (including phenoxy) is 2. The number of hydrogen-bond donors (Lipinski definition) is 2. The van der Waals surface area contributed by atoms with Crippen molar-refractivity contribution in [3.8, 4) is 35.2 Å². The number of nitrogens with one attached hydrogen (secondary N) is 1. The molecule has 8 nitrogen and oxygen atoms in total. The Kier molecular flexibility index (Phi) is 9.78. The van der Waals surface area contributed by atoms with Crippen LogP contribution in [0.15, 0.2) is 48.3 Å². The van der Waals surface area contributed by atoms with E-state index in [1.807, 2.05) is 13.8 Å². The lowest BCUT2D eigenvalue weighted by atomic mass is 9.93. The molecule has 48 heavy (non-hydrogen) atoms. The summed E-state index contributed by atoms with van der Waals surface area (Å²) < 4.78 is 56.9. The number of nitrogens with zero attached hydrogens (tertiary/aromatic N) is 4. The predicted molar refractivity (Wildman–Crippen MR) is 182 cm³/mol. The van der Waals surface area contributed by atoms with Gasteiger partial charge in [0, 0.05) is 55.7 Å². The molecule has 0 radical (unpaired) electrons. The molecule has 2 unspecified atom stereocenters. The fraction of sp³-hybridized carbons (Fsp3) is 0.405. The topological polar surface area (TPSA) is 83.0 Å². The van der Waals surface area contributed by atoms with Crippen LogP contribution in [-0.2, 0) is 4.74 Å². The van der Waals surface area contributed by atoms with Crippen molar-refractivity contribution >= 4 is 27.5 Å². The molecule has 7 rings (SSSR count). The maximum absolute atomic E-state index is 16.8. The van der Waals surface area contributed by atoms with Gasteiger partial charge >= 0.3 is 6.01 Å². The maximum Gasteiger partial charge on any atom is 0.319 e. The largest absolute Gasteiger partial charge is 0.508 e. The third-order valence-electron chi connectivity index (χ3n) is 9.49. The first kappa shape index (κ1) is 33.5. The van der Waals surface area contributed by atoms with Crippen LogP contribution in [0.3, 0.4) is 0 Å². The van der Waals surface area contributed by atoms with Gasteiger partial charge in [0.05, 0.1) is 24.0 Å². The van der Waals surface area contributed by atoms with Crippen molar-refractivity contribution in [1.29, 1.82) is 0 Å². The van der Waals surface area contributed by atoms with E-state index in [0.717, 1.165) is 25.0 Å². The van der Waals surface area contributed by atoms with Gasteiger partial charge in [-0.05, 0) is 66.6 Å². The van der Waals surface area contributed by atoms with E-state index < -0.39 is 11.6 Å². The van der Waals surface area contributed by atoms with Gasteiger partial charge in [-0.2, -0.15) is 9.97 Å². The van der Waals surface area contributed by atoms with Crippen LogP contribution in [0.2, 0.25) is 0 Å². The molecule has 2 atom stereocenters. The molecule has 252 valence electrons. The lowest BCUT2D eigenvalue weighted by Crippen LogP contribution is -2.53. The molecule has 4 aromatic rings. The van der Waals surface area contributed by atoms with Crippen LogP contribution in [0.4, 0.5) is 19.0 Å². The van der Waals surface area contributed by atoms with Crippen molar-refractivity contribution in [2.24, 2.45) is 0 Å². The number of piperazine rings is 1. The molecule has 3 aliphatic rings. The Labute approximate surface area is 278 Å². The number of rotatable bonds is 7. The van der Waals surface area contributed by atoms with Crippen molar-refractivity contribution in [2.45, 2.75) is 44.7 Å². The number of methoxy groups -OCH3 is 1. The number of anilines is 1. The van der Waals surface area contributed by atoms with Gasteiger partial charge in [-0.15, -0.1) is 6.42 Å². The fourth-order valence-corrected chi connectivity index (χ4v) is 7.40. The number of aromatic nitrogens is 2. The zero-order chi connectivity index (χ0) is 34.0. The quantitative estimate of drug-likeness (QED) is 0.223. The van der Waals surface area contributed by atoms with Crippen LogP contribution in [0.1, 0.15) is 38.7 Å². The van der Waals surface area contributed by atoms with Crippen LogP contribution in [0.25, 0.3) is 32.8 Å². The molecule has 2 N–H and O–H groups in total. The summed E-state index contributed by atoms with van der Waals surface area (Å²) in [5.74, 6) is 1.48. The molecule has 0 aliphatic carbocycles. The lowest BCUT2D eigenvalue weighted by molar-refractivity contribution is 0.108. The second-order valence-electron chi connectivity index (χ2n) is 12.3. The summed E-state index contributed by atoms with van der Waals surface area (Å²) in [6.45, 7) is 7.97. The summed E-state index contributed by atoms with van der Waals surface area (Å²) in [5.41, 5.74) is 0.687. The molecular weight excluding hydrogens is 619 g/mol. The smallest absolute Gasteiger partial charge is 0.319 e. The van der Waals surface area contributed by atoms with E-state index in [4.69, 9.17) is 20.9 Å². The number of halogens is 3. The molecule has 11 heteroatoms. The zero-order valence-corrected chi connectivity index (χ0v) is 27.5. The van der Waals surface area contributed by atoms with Crippen LogP contribution in [0.5, 0.6) is 11.8 Å². The monoisotopic (exact) mass is 659 g/mol. The Hall–Kier alpha value is -4.37. The maximum atomic E-state index is 16.8. The van der Waals surface area contributed by atoms with Crippen molar-refractivity contribution in [2.75, 3.05) is 57.9 Å². The highest BCUT2D eigenvalue weighted by atomic mass is 19.1. The highest BCUT2D eigenvalue weighted by molar-refractivity contribution is 6.04. The van der Waals surface area contributed by atoms with Crippen LogP contribution >= 0.6 is 0 Å². The van der Waals surface area contributed by atoms with Gasteiger partial charge < -0.3 is 24.8 Å². The average molecular weight is 660 g/mol. The number of hydrogen-bond acceptors (Lipinski definition) is 8. The lowest BCUT2D eigenvalue weighted by Gasteiger charge is -2.35. The molecule has 3 saturated heterocycles. The molecule has 3 aromatic carbocycles. The van der Waals surface area contributed by atoms with Gasteiger partial charge in [0.15, 0.2) is 5.82 Å². The molecule has 1 aromatic heterocycles. The molecule has 0 amide bonds. The highest BCUT2D eigenvalue weighted by Gasteiger charge is 2.47. The highest BCUT2D eigenvalue weighted by Crippen LogP contribution is 2.43. The normalized spacial score (nSPS) is 21.7. The third kappa shape index (κ3) is 6.04. The summed E-state index contributed by atoms with van der Waals surface area (Å²) in [7, 11) is 1.64. The summed E-state index contributed by atoms with van der Waals surface area (Å²) in [6.07, 6.45) is 8.75. The van der Waals surface area contributed by atoms with Crippen molar-refractivity contribution in [1.82, 2.24) is 20.2 Å². The first-order valence-electron chi connectivity index (χ1n) is 16.4. The van der Waals surface area contributed by atoms with Gasteiger partial charge in [0.1, 0.15) is 29.5 Å². The first-order valence-corrected chi connectivity index (χ1v) is 16.4. The standard InChI is InChI=1S/C35H34F3N5O3.C2H6/c1-3-25-29(37)8-5-22-13-24(44)14-28(30(22)25)26-6-7-27-32(31(26)38)40-34(41-33(27)42-12-10-39-23(18-42)19-45-2)46-20-35-9-4-11-43(35)17-21(15-35)16-36;1-2/h1,5-8,13-14,16,23,39,44H,4,9-12,15,17-20H2,2H3;1-2H3/b21-16+;. The van der Waals surface area contributed by atoms with E-state index in [1.54, 1.807) is 19.2 Å². The predicted octanol–water partition coefficient (Wildman–Crippen LogP) is 6.34. The van der Waals surface area contributed by atoms with E-state index in [2.05, 4.69) is 26.0 Å². The van der Waals surface area contributed by atoms with E-state index in [1.165, 1.54) is 24.3 Å². The molecule has 0 spiro atoms. The molecular formula is C37H40F3N5O3. The number of fused-ring (bicyclic) bond motifs is 3. The Morgan fingerprint density at radius 1 is 1.15 bits per heavy atom. The van der Waals surface area contributed by atoms with Crippen LogP contribution < -0.4 is 15.0 Å². The average Bonchev–Trinajstić information content (AvgIpc) is 3.66. The summed E-state index contributed by atoms with van der Waals surface area (Å²) >= 11 is 0. The van der Waals surface area contributed by atoms with E-state index in [9.17, 15) is 13.9 Å². The Morgan fingerprint density at radius 2 is 1.98 bits per heavy atom. The van der Waals surface area contributed by atoms with E-state index in [-0.39, 0.29) is 52.2 Å². The molecule has 0 saturated carbocycles. The molecule has 4 heterocycles. The number of phenolic OH excluding ortho intramolecular Hbond substituents is 1. The number of benzene rings is 3. The number of aromatic hydroxyl groups is 1. The second-order valence-corrected chi connectivity index (χ2v) is 12.3. The van der Waals surface area contributed by atoms with Crippen LogP contribution in [-0.4, -0.2) is 84.6 Å². The first-order chi connectivity index (χ1) is 23.3. The zero-order valence-electron chi connectivity index (χ0n) is 27.5. The summed E-state index contributed by atoms with van der Waals surface area (Å²) in [5, 5.41) is 15.2. The minimum atomic E-state index is -0.683. The minimum absolute atomic E-state index is 0.00963. The van der Waals surface area contributed by atoms with Gasteiger partial charge in [-0.25, -0.2) is 13.2 Å². The Morgan fingerprint density at radius 3 is 2.75 bits per heavy atom. The van der Waals surface area contributed by atoms with Gasteiger partial charge in [-0.1, -0.05) is 31.9 Å². The van der Waals surface area contributed by atoms with Crippen molar-refractivity contribution in [3.63, 3.8) is 0 Å². The van der Waals surface area contributed by atoms with Gasteiger partial charge in [0.2, 0.25) is 0 Å². The molecule has 3 fully saturated rings. The second kappa shape index (κ2) is 14.0. The van der Waals surface area contributed by atoms with E-state index in [0.29, 0.717) is 67.5 Å². The van der Waals surface area contributed by atoms with E-state index >= 15 is 4.39 Å². The number of phenols is 1. The Bertz CT molecular complexity index is 1910. The van der Waals surface area contributed by atoms with Crippen LogP contribution in [0, 0.1) is 24.0 Å². The molecule has 3 aliphatic heterocycles. The van der Waals surface area contributed by atoms with Crippen molar-refractivity contribution < 1.29 is 27.8 Å². The summed E-state index contributed by atoms with van der Waals surface area (Å²) in [4.78, 5) is 13.7. The third-order valence-corrected chi connectivity index (χ3v) is 9.49. The fourth-order valence-electron chi connectivity index (χ4n) is 7.40. The minimum Gasteiger partial charge on any atom is -0.508 e. The molecule has 0 bridgehead atoms. The van der Waals surface area contributed by atoms with Gasteiger partial charge in [0.25, 0.3) is 0 Å². The Balaban J connectivity index is 0.00000197.